The Kier molecular flexibility index (Phi) is 7.08. The van der Waals surface area contributed by atoms with E-state index in [2.05, 4.69) is 16.5 Å². The van der Waals surface area contributed by atoms with Crippen LogP contribution in [0.4, 0.5) is 14.6 Å². The lowest BCUT2D eigenvalue weighted by molar-refractivity contribution is -0.126. The molecule has 0 spiro atoms. The van der Waals surface area contributed by atoms with Gasteiger partial charge in [0.1, 0.15) is 23.1 Å². The Morgan fingerprint density at radius 2 is 1.93 bits per heavy atom. The number of piperazine rings is 1. The van der Waals surface area contributed by atoms with Gasteiger partial charge >= 0.3 is 5.69 Å². The van der Waals surface area contributed by atoms with Crippen molar-refractivity contribution in [2.75, 3.05) is 24.5 Å². The van der Waals surface area contributed by atoms with Crippen molar-refractivity contribution in [2.45, 2.75) is 52.0 Å². The minimum atomic E-state index is -0.700. The SMILES string of the molecule is C=CC(=O)N1CCN(c2nc(=O)n(-c3c(C)ccnc3CC)c3nc(-c4c(F)cccc4C4CC4)c(F)cc23)[C@@H](C)C1. The Hall–Kier alpha value is -4.47. The first kappa shape index (κ1) is 27.7. The first-order valence-corrected chi connectivity index (χ1v) is 14.3. The molecule has 216 valence electrons. The fourth-order valence-electron chi connectivity index (χ4n) is 6.00. The van der Waals surface area contributed by atoms with Crippen LogP contribution >= 0.6 is 0 Å². The van der Waals surface area contributed by atoms with Crippen molar-refractivity contribution in [3.63, 3.8) is 0 Å². The Morgan fingerprint density at radius 3 is 2.62 bits per heavy atom. The third-order valence-electron chi connectivity index (χ3n) is 8.25. The summed E-state index contributed by atoms with van der Waals surface area (Å²) >= 11 is 0. The van der Waals surface area contributed by atoms with Gasteiger partial charge in [-0.2, -0.15) is 4.98 Å². The zero-order valence-corrected chi connectivity index (χ0v) is 23.9. The molecule has 42 heavy (non-hydrogen) atoms. The third kappa shape index (κ3) is 4.64. The molecule has 8 nitrogen and oxygen atoms in total. The second-order valence-electron chi connectivity index (χ2n) is 11.0. The van der Waals surface area contributed by atoms with Crippen LogP contribution in [0.1, 0.15) is 49.4 Å². The molecular formula is C32H32F2N6O2. The predicted octanol–water partition coefficient (Wildman–Crippen LogP) is 5.09. The Labute approximate surface area is 242 Å². The van der Waals surface area contributed by atoms with E-state index in [4.69, 9.17) is 4.98 Å². The highest BCUT2D eigenvalue weighted by molar-refractivity contribution is 5.91. The van der Waals surface area contributed by atoms with Gasteiger partial charge < -0.3 is 9.80 Å². The Morgan fingerprint density at radius 1 is 1.14 bits per heavy atom. The van der Waals surface area contributed by atoms with E-state index in [1.54, 1.807) is 23.2 Å². The highest BCUT2D eigenvalue weighted by Crippen LogP contribution is 2.45. The number of rotatable bonds is 6. The average molecular weight is 571 g/mol. The third-order valence-corrected chi connectivity index (χ3v) is 8.25. The van der Waals surface area contributed by atoms with Crippen molar-refractivity contribution in [1.82, 2.24) is 24.4 Å². The fourth-order valence-corrected chi connectivity index (χ4v) is 6.00. The van der Waals surface area contributed by atoms with Crippen LogP contribution in [-0.2, 0) is 11.2 Å². The number of carbonyl (C=O) groups is 1. The number of nitrogens with zero attached hydrogens (tertiary/aromatic N) is 6. The molecule has 4 heterocycles. The van der Waals surface area contributed by atoms with Crippen molar-refractivity contribution in [3.05, 3.63) is 88.1 Å². The second kappa shape index (κ2) is 10.7. The van der Waals surface area contributed by atoms with E-state index in [1.165, 1.54) is 22.8 Å². The summed E-state index contributed by atoms with van der Waals surface area (Å²) in [5.41, 5.74) is 2.26. The Bertz CT molecular complexity index is 1800. The molecule has 0 radical (unpaired) electrons. The van der Waals surface area contributed by atoms with Gasteiger partial charge in [-0.15, -0.1) is 0 Å². The van der Waals surface area contributed by atoms with Crippen molar-refractivity contribution in [2.24, 2.45) is 0 Å². The van der Waals surface area contributed by atoms with Gasteiger partial charge in [0, 0.05) is 37.4 Å². The second-order valence-corrected chi connectivity index (χ2v) is 11.0. The van der Waals surface area contributed by atoms with Crippen molar-refractivity contribution in [3.8, 4) is 16.9 Å². The van der Waals surface area contributed by atoms with Crippen LogP contribution in [0, 0.1) is 18.6 Å². The normalized spacial score (nSPS) is 17.1. The number of benzene rings is 1. The Balaban J connectivity index is 1.63. The molecule has 10 heteroatoms. The molecule has 0 N–H and O–H groups in total. The van der Waals surface area contributed by atoms with E-state index in [9.17, 15) is 9.59 Å². The van der Waals surface area contributed by atoms with Gasteiger partial charge in [-0.05, 0) is 74.4 Å². The topological polar surface area (TPSA) is 84.2 Å². The summed E-state index contributed by atoms with van der Waals surface area (Å²) in [4.78, 5) is 43.5. The molecule has 4 aromatic rings. The summed E-state index contributed by atoms with van der Waals surface area (Å²) in [6.45, 7) is 10.4. The van der Waals surface area contributed by atoms with Crippen LogP contribution in [0.3, 0.4) is 0 Å². The number of anilines is 1. The van der Waals surface area contributed by atoms with Gasteiger partial charge in [0.25, 0.3) is 0 Å². The van der Waals surface area contributed by atoms with Crippen LogP contribution < -0.4 is 10.6 Å². The molecule has 1 amide bonds. The van der Waals surface area contributed by atoms with Crippen molar-refractivity contribution >= 4 is 22.8 Å². The number of pyridine rings is 2. The highest BCUT2D eigenvalue weighted by Gasteiger charge is 2.32. The monoisotopic (exact) mass is 570 g/mol. The maximum Gasteiger partial charge on any atom is 0.355 e. The maximum absolute atomic E-state index is 16.1. The number of aromatic nitrogens is 4. The quantitative estimate of drug-likeness (QED) is 0.300. The van der Waals surface area contributed by atoms with E-state index >= 15 is 8.78 Å². The van der Waals surface area contributed by atoms with Gasteiger partial charge in [-0.3, -0.25) is 9.78 Å². The molecule has 0 bridgehead atoms. The summed E-state index contributed by atoms with van der Waals surface area (Å²) in [6.07, 6.45) is 5.29. The molecular weight excluding hydrogens is 538 g/mol. The van der Waals surface area contributed by atoms with E-state index < -0.39 is 17.3 Å². The van der Waals surface area contributed by atoms with E-state index in [0.29, 0.717) is 48.4 Å². The first-order valence-electron chi connectivity index (χ1n) is 14.3. The summed E-state index contributed by atoms with van der Waals surface area (Å²) in [5.74, 6) is -1.02. The van der Waals surface area contributed by atoms with Crippen LogP contribution in [0.25, 0.3) is 28.0 Å². The van der Waals surface area contributed by atoms with E-state index in [0.717, 1.165) is 18.4 Å². The lowest BCUT2D eigenvalue weighted by Crippen LogP contribution is -2.54. The number of carbonyl (C=O) groups excluding carboxylic acids is 1. The maximum atomic E-state index is 16.1. The van der Waals surface area contributed by atoms with Crippen LogP contribution in [0.15, 0.2) is 54.0 Å². The zero-order chi connectivity index (χ0) is 29.7. The number of fused-ring (bicyclic) bond motifs is 1. The zero-order valence-electron chi connectivity index (χ0n) is 23.9. The molecule has 0 unspecified atom stereocenters. The van der Waals surface area contributed by atoms with Gasteiger partial charge in [0.15, 0.2) is 5.65 Å². The predicted molar refractivity (Wildman–Crippen MR) is 158 cm³/mol. The largest absolute Gasteiger partial charge is 0.355 e. The van der Waals surface area contributed by atoms with E-state index in [-0.39, 0.29) is 40.6 Å². The number of halogens is 2. The lowest BCUT2D eigenvalue weighted by Gasteiger charge is -2.40. The van der Waals surface area contributed by atoms with Gasteiger partial charge in [0.05, 0.1) is 16.8 Å². The molecule has 1 aliphatic heterocycles. The number of hydrogen-bond acceptors (Lipinski definition) is 6. The number of hydrogen-bond donors (Lipinski definition) is 0. The van der Waals surface area contributed by atoms with Crippen LogP contribution in [0.2, 0.25) is 0 Å². The minimum Gasteiger partial charge on any atom is -0.350 e. The van der Waals surface area contributed by atoms with Crippen LogP contribution in [-0.4, -0.2) is 56.0 Å². The standard InChI is InChI=1S/C32H32F2N6O2/c1-5-25-29(18(3)12-13-35-25)40-31-22(30(37-32(40)42)39-15-14-38(17-19(39)4)26(41)6-2)16-24(34)28(36-31)27-21(20-10-11-20)8-7-9-23(27)33/h6-9,12-13,16,19-20H,2,5,10-11,14-15,17H2,1,3-4H3/t19-/m0/s1. The lowest BCUT2D eigenvalue weighted by atomic mass is 9.98. The molecule has 1 saturated carbocycles. The minimum absolute atomic E-state index is 0.125. The fraction of sp³-hybridized carbons (Fsp3) is 0.344. The van der Waals surface area contributed by atoms with Crippen molar-refractivity contribution in [1.29, 1.82) is 0 Å². The van der Waals surface area contributed by atoms with Gasteiger partial charge in [-0.1, -0.05) is 25.6 Å². The molecule has 6 rings (SSSR count). The summed E-state index contributed by atoms with van der Waals surface area (Å²) < 4.78 is 32.9. The van der Waals surface area contributed by atoms with Gasteiger partial charge in [0.2, 0.25) is 5.91 Å². The number of aryl methyl sites for hydroxylation is 2. The molecule has 1 aromatic carbocycles. The number of amides is 1. The first-order chi connectivity index (χ1) is 20.2. The molecule has 1 aliphatic carbocycles. The summed E-state index contributed by atoms with van der Waals surface area (Å²) in [6, 6.07) is 7.64. The van der Waals surface area contributed by atoms with E-state index in [1.807, 2.05) is 31.7 Å². The van der Waals surface area contributed by atoms with Gasteiger partial charge in [-0.25, -0.2) is 23.1 Å². The molecule has 2 fully saturated rings. The molecule has 2 aliphatic rings. The molecule has 3 aromatic heterocycles. The van der Waals surface area contributed by atoms with Crippen molar-refractivity contribution < 1.29 is 13.6 Å². The molecule has 1 saturated heterocycles. The summed E-state index contributed by atoms with van der Waals surface area (Å²) in [5, 5.41) is 0.320. The highest BCUT2D eigenvalue weighted by atomic mass is 19.1. The van der Waals surface area contributed by atoms with Crippen LogP contribution in [0.5, 0.6) is 0 Å². The molecule has 1 atom stereocenters. The smallest absolute Gasteiger partial charge is 0.350 e. The summed E-state index contributed by atoms with van der Waals surface area (Å²) in [7, 11) is 0. The average Bonchev–Trinajstić information content (AvgIpc) is 3.82.